The van der Waals surface area contributed by atoms with Gasteiger partial charge in [-0.3, -0.25) is 4.79 Å². The van der Waals surface area contributed by atoms with Gasteiger partial charge in [-0.05, 0) is 32.0 Å². The number of anilines is 1. The predicted molar refractivity (Wildman–Crippen MR) is 99.4 cm³/mol. The lowest BCUT2D eigenvalue weighted by molar-refractivity contribution is 0.0751. The Morgan fingerprint density at radius 3 is 2.50 bits per heavy atom. The van der Waals surface area contributed by atoms with E-state index in [1.54, 1.807) is 18.5 Å². The number of aryl methyl sites for hydroxylation is 2. The summed E-state index contributed by atoms with van der Waals surface area (Å²) in [7, 11) is 0. The van der Waals surface area contributed by atoms with Gasteiger partial charge in [0.25, 0.3) is 5.91 Å². The zero-order chi connectivity index (χ0) is 18.1. The fourth-order valence-corrected chi connectivity index (χ4v) is 4.26. The molecule has 3 aromatic heterocycles. The van der Waals surface area contributed by atoms with Crippen molar-refractivity contribution in [3.05, 3.63) is 46.9 Å². The summed E-state index contributed by atoms with van der Waals surface area (Å²) in [6.45, 7) is 6.60. The van der Waals surface area contributed by atoms with E-state index in [9.17, 15) is 4.79 Å². The maximum absolute atomic E-state index is 12.8. The van der Waals surface area contributed by atoms with Crippen LogP contribution in [0.25, 0.3) is 10.4 Å². The molecule has 0 unspecified atom stereocenters. The predicted octanol–water partition coefficient (Wildman–Crippen LogP) is 2.77. The van der Waals surface area contributed by atoms with E-state index in [1.165, 1.54) is 11.3 Å². The normalized spacial score (nSPS) is 14.7. The molecule has 0 saturated carbocycles. The second-order valence-electron chi connectivity index (χ2n) is 6.19. The second kappa shape index (κ2) is 6.87. The molecule has 4 rings (SSSR count). The van der Waals surface area contributed by atoms with E-state index in [-0.39, 0.29) is 5.91 Å². The van der Waals surface area contributed by atoms with Crippen LogP contribution >= 0.6 is 11.3 Å². The van der Waals surface area contributed by atoms with E-state index in [0.717, 1.165) is 45.8 Å². The Morgan fingerprint density at radius 2 is 1.85 bits per heavy atom. The molecule has 0 spiro atoms. The van der Waals surface area contributed by atoms with E-state index in [1.807, 2.05) is 30.9 Å². The molecule has 3 aromatic rings. The Labute approximate surface area is 155 Å². The Balaban J connectivity index is 1.45. The molecule has 7 nitrogen and oxygen atoms in total. The highest BCUT2D eigenvalue weighted by Gasteiger charge is 2.25. The number of carbonyl (C=O) groups is 1. The summed E-state index contributed by atoms with van der Waals surface area (Å²) in [6.07, 6.45) is 3.48. The van der Waals surface area contributed by atoms with Gasteiger partial charge in [-0.15, -0.1) is 11.3 Å². The number of hydrogen-bond donors (Lipinski definition) is 0. The van der Waals surface area contributed by atoms with Crippen LogP contribution in [0.4, 0.5) is 5.95 Å². The van der Waals surface area contributed by atoms with Crippen LogP contribution in [0, 0.1) is 13.8 Å². The minimum absolute atomic E-state index is 0.0710. The third-order valence-corrected chi connectivity index (χ3v) is 5.59. The first-order valence-corrected chi connectivity index (χ1v) is 9.29. The molecule has 1 aliphatic heterocycles. The van der Waals surface area contributed by atoms with Crippen molar-refractivity contribution in [1.29, 1.82) is 0 Å². The smallest absolute Gasteiger partial charge is 0.264 e. The van der Waals surface area contributed by atoms with Gasteiger partial charge in [-0.25, -0.2) is 9.97 Å². The highest BCUT2D eigenvalue weighted by Crippen LogP contribution is 2.33. The maximum Gasteiger partial charge on any atom is 0.264 e. The summed E-state index contributed by atoms with van der Waals surface area (Å²) in [6, 6.07) is 5.66. The quantitative estimate of drug-likeness (QED) is 0.707. The Kier molecular flexibility index (Phi) is 4.42. The monoisotopic (exact) mass is 369 g/mol. The summed E-state index contributed by atoms with van der Waals surface area (Å²) in [4.78, 5) is 27.1. The van der Waals surface area contributed by atoms with Crippen LogP contribution < -0.4 is 4.90 Å². The lowest BCUT2D eigenvalue weighted by atomic mass is 10.2. The number of aromatic nitrogens is 3. The van der Waals surface area contributed by atoms with Gasteiger partial charge in [-0.1, -0.05) is 5.16 Å². The number of amides is 1. The van der Waals surface area contributed by atoms with Gasteiger partial charge >= 0.3 is 0 Å². The van der Waals surface area contributed by atoms with Crippen molar-refractivity contribution < 1.29 is 9.32 Å². The summed E-state index contributed by atoms with van der Waals surface area (Å²) >= 11 is 1.49. The van der Waals surface area contributed by atoms with Crippen molar-refractivity contribution in [3.63, 3.8) is 0 Å². The van der Waals surface area contributed by atoms with Crippen LogP contribution in [-0.2, 0) is 0 Å². The zero-order valence-electron chi connectivity index (χ0n) is 14.7. The largest absolute Gasteiger partial charge is 0.361 e. The number of hydrogen-bond acceptors (Lipinski definition) is 7. The molecule has 134 valence electrons. The molecule has 0 radical (unpaired) electrons. The first-order chi connectivity index (χ1) is 12.6. The first-order valence-electron chi connectivity index (χ1n) is 8.48. The van der Waals surface area contributed by atoms with Gasteiger partial charge in [-0.2, -0.15) is 0 Å². The maximum atomic E-state index is 12.8. The van der Waals surface area contributed by atoms with E-state index in [4.69, 9.17) is 4.52 Å². The first kappa shape index (κ1) is 16.7. The lowest BCUT2D eigenvalue weighted by Gasteiger charge is -2.34. The molecule has 0 bridgehead atoms. The SMILES string of the molecule is Cc1noc(C)c1-c1ccc(C(=O)N2CCN(c3ncccn3)CC2)s1. The molecule has 1 aliphatic rings. The van der Waals surface area contributed by atoms with Crippen molar-refractivity contribution in [3.8, 4) is 10.4 Å². The standard InChI is InChI=1S/C18H19N5O2S/c1-12-16(13(2)25-21-12)14-4-5-15(26-14)17(24)22-8-10-23(11-9-22)18-19-6-3-7-20-18/h3-7H,8-11H2,1-2H3. The molecule has 1 saturated heterocycles. The van der Waals surface area contributed by atoms with Crippen LogP contribution in [0.1, 0.15) is 21.1 Å². The van der Waals surface area contributed by atoms with Gasteiger partial charge in [0.1, 0.15) is 5.76 Å². The minimum Gasteiger partial charge on any atom is -0.361 e. The molecule has 1 fully saturated rings. The second-order valence-corrected chi connectivity index (χ2v) is 7.27. The highest BCUT2D eigenvalue weighted by atomic mass is 32.1. The van der Waals surface area contributed by atoms with Crippen molar-refractivity contribution >= 4 is 23.2 Å². The molecule has 8 heteroatoms. The molecule has 26 heavy (non-hydrogen) atoms. The number of rotatable bonds is 3. The fourth-order valence-electron chi connectivity index (χ4n) is 3.14. The fraction of sp³-hybridized carbons (Fsp3) is 0.333. The topological polar surface area (TPSA) is 75.4 Å². The molecule has 0 aliphatic carbocycles. The molecular formula is C18H19N5O2S. The van der Waals surface area contributed by atoms with E-state index < -0.39 is 0 Å². The van der Waals surface area contributed by atoms with Crippen LogP contribution in [0.3, 0.4) is 0 Å². The van der Waals surface area contributed by atoms with Gasteiger partial charge in [0.05, 0.1) is 16.1 Å². The molecule has 0 aromatic carbocycles. The molecule has 0 atom stereocenters. The Morgan fingerprint density at radius 1 is 1.12 bits per heavy atom. The van der Waals surface area contributed by atoms with Crippen molar-refractivity contribution in [1.82, 2.24) is 20.0 Å². The van der Waals surface area contributed by atoms with E-state index >= 15 is 0 Å². The van der Waals surface area contributed by atoms with Crippen LogP contribution in [0.5, 0.6) is 0 Å². The summed E-state index contributed by atoms with van der Waals surface area (Å²) in [5.74, 6) is 1.57. The average Bonchev–Trinajstić information content (AvgIpc) is 3.28. The highest BCUT2D eigenvalue weighted by molar-refractivity contribution is 7.17. The van der Waals surface area contributed by atoms with E-state index in [2.05, 4.69) is 20.0 Å². The van der Waals surface area contributed by atoms with Gasteiger partial charge in [0, 0.05) is 43.4 Å². The van der Waals surface area contributed by atoms with Crippen molar-refractivity contribution in [2.45, 2.75) is 13.8 Å². The van der Waals surface area contributed by atoms with E-state index in [0.29, 0.717) is 13.1 Å². The third kappa shape index (κ3) is 3.08. The molecule has 1 amide bonds. The molecule has 0 N–H and O–H groups in total. The lowest BCUT2D eigenvalue weighted by Crippen LogP contribution is -2.49. The van der Waals surface area contributed by atoms with Crippen LogP contribution in [0.2, 0.25) is 0 Å². The number of carbonyl (C=O) groups excluding carboxylic acids is 1. The van der Waals surface area contributed by atoms with Gasteiger partial charge in [0.2, 0.25) is 5.95 Å². The summed E-state index contributed by atoms with van der Waals surface area (Å²) in [5.41, 5.74) is 1.83. The molecule has 4 heterocycles. The Hall–Kier alpha value is -2.74. The number of nitrogens with zero attached hydrogens (tertiary/aromatic N) is 5. The summed E-state index contributed by atoms with van der Waals surface area (Å²) in [5, 5.41) is 3.99. The van der Waals surface area contributed by atoms with Crippen molar-refractivity contribution in [2.75, 3.05) is 31.1 Å². The van der Waals surface area contributed by atoms with Gasteiger partial charge < -0.3 is 14.3 Å². The van der Waals surface area contributed by atoms with Crippen LogP contribution in [-0.4, -0.2) is 52.1 Å². The minimum atomic E-state index is 0.0710. The zero-order valence-corrected chi connectivity index (χ0v) is 15.5. The Bertz CT molecular complexity index is 893. The van der Waals surface area contributed by atoms with Gasteiger partial charge in [0.15, 0.2) is 0 Å². The molecular weight excluding hydrogens is 350 g/mol. The summed E-state index contributed by atoms with van der Waals surface area (Å²) < 4.78 is 5.23. The third-order valence-electron chi connectivity index (χ3n) is 4.50. The van der Waals surface area contributed by atoms with Crippen molar-refractivity contribution in [2.24, 2.45) is 0 Å². The number of piperazine rings is 1. The number of thiophene rings is 1. The van der Waals surface area contributed by atoms with Crippen LogP contribution in [0.15, 0.2) is 35.1 Å². The average molecular weight is 369 g/mol.